The number of hydrogen-bond acceptors (Lipinski definition) is 4. The summed E-state index contributed by atoms with van der Waals surface area (Å²) in [6.07, 6.45) is -11.3. The number of ether oxygens (including phenoxy) is 1. The first kappa shape index (κ1) is 23.6. The number of alkyl halides is 6. The number of carbonyl (C=O) groups excluding carboxylic acids is 1. The number of halogens is 6. The summed E-state index contributed by atoms with van der Waals surface area (Å²) in [5.74, 6) is -3.11. The van der Waals surface area contributed by atoms with Crippen LogP contribution in [0.5, 0.6) is 0 Å². The summed E-state index contributed by atoms with van der Waals surface area (Å²) in [6.45, 7) is 3.28. The Bertz CT molecular complexity index is 1050. The topological polar surface area (TPSA) is 76.4 Å². The molecule has 2 aliphatic rings. The number of fused-ring (bicyclic) bond motifs is 2. The second-order valence-corrected chi connectivity index (χ2v) is 8.57. The molecule has 6 nitrogen and oxygen atoms in total. The zero-order valence-electron chi connectivity index (χ0n) is 17.5. The van der Waals surface area contributed by atoms with Crippen molar-refractivity contribution in [3.63, 3.8) is 0 Å². The monoisotopic (exact) mass is 477 g/mol. The van der Waals surface area contributed by atoms with Crippen LogP contribution in [-0.4, -0.2) is 39.1 Å². The Morgan fingerprint density at radius 1 is 1.21 bits per heavy atom. The number of nitrogens with zero attached hydrogens (tertiary/aromatic N) is 2. The van der Waals surface area contributed by atoms with Gasteiger partial charge < -0.3 is 15.2 Å². The molecule has 2 fully saturated rings. The van der Waals surface area contributed by atoms with Crippen LogP contribution in [0.3, 0.4) is 0 Å². The molecule has 33 heavy (non-hydrogen) atoms. The van der Waals surface area contributed by atoms with E-state index in [1.54, 1.807) is 13.8 Å². The number of carbonyl (C=O) groups is 1. The van der Waals surface area contributed by atoms with Gasteiger partial charge in [-0.1, -0.05) is 6.07 Å². The lowest BCUT2D eigenvalue weighted by atomic mass is 9.73. The second-order valence-electron chi connectivity index (χ2n) is 8.57. The van der Waals surface area contributed by atoms with Crippen LogP contribution in [0, 0.1) is 5.92 Å². The first-order chi connectivity index (χ1) is 15.3. The molecule has 0 spiro atoms. The van der Waals surface area contributed by atoms with Gasteiger partial charge in [-0.3, -0.25) is 9.48 Å². The van der Waals surface area contributed by atoms with Crippen LogP contribution in [0.2, 0.25) is 0 Å². The van der Waals surface area contributed by atoms with Crippen molar-refractivity contribution in [3.8, 4) is 0 Å². The number of benzene rings is 1. The zero-order chi connectivity index (χ0) is 24.3. The van der Waals surface area contributed by atoms with E-state index in [9.17, 15) is 36.2 Å². The maximum Gasteiger partial charge on any atom is 0.435 e. The van der Waals surface area contributed by atoms with E-state index in [-0.39, 0.29) is 17.7 Å². The van der Waals surface area contributed by atoms with Gasteiger partial charge in [0.25, 0.3) is 0 Å². The number of aromatic nitrogens is 2. The van der Waals surface area contributed by atoms with Crippen LogP contribution >= 0.6 is 0 Å². The number of aliphatic hydroxyl groups excluding tert-OH is 1. The summed E-state index contributed by atoms with van der Waals surface area (Å²) in [7, 11) is 0. The maximum atomic E-state index is 13.8. The van der Waals surface area contributed by atoms with Crippen molar-refractivity contribution in [2.45, 2.75) is 62.9 Å². The average molecular weight is 477 g/mol. The fourth-order valence-electron chi connectivity index (χ4n) is 4.55. The van der Waals surface area contributed by atoms with Gasteiger partial charge in [0.05, 0.1) is 29.8 Å². The van der Waals surface area contributed by atoms with Crippen molar-refractivity contribution in [2.75, 3.05) is 5.32 Å². The van der Waals surface area contributed by atoms with Gasteiger partial charge in [-0.05, 0) is 32.0 Å². The highest BCUT2D eigenvalue weighted by Crippen LogP contribution is 2.51. The SMILES string of the molecule is CC(C)n1cc(C2C3OC(CC3O)C2C(=O)Nc2cccc(C(F)(F)F)c2)c(C(F)(F)F)n1. The molecule has 1 aromatic heterocycles. The van der Waals surface area contributed by atoms with Gasteiger partial charge in [-0.15, -0.1) is 0 Å². The van der Waals surface area contributed by atoms with Crippen LogP contribution in [0.25, 0.3) is 0 Å². The summed E-state index contributed by atoms with van der Waals surface area (Å²) in [4.78, 5) is 13.1. The van der Waals surface area contributed by atoms with E-state index >= 15 is 0 Å². The third kappa shape index (κ3) is 4.33. The van der Waals surface area contributed by atoms with Crippen molar-refractivity contribution >= 4 is 11.6 Å². The predicted molar refractivity (Wildman–Crippen MR) is 103 cm³/mol. The Morgan fingerprint density at radius 3 is 2.52 bits per heavy atom. The first-order valence-corrected chi connectivity index (χ1v) is 10.2. The molecular weight excluding hydrogens is 456 g/mol. The van der Waals surface area contributed by atoms with E-state index in [1.165, 1.54) is 12.3 Å². The van der Waals surface area contributed by atoms with E-state index in [2.05, 4.69) is 10.4 Å². The van der Waals surface area contributed by atoms with Gasteiger partial charge in [0, 0.05) is 35.8 Å². The largest absolute Gasteiger partial charge is 0.435 e. The molecule has 180 valence electrons. The molecule has 12 heteroatoms. The fraction of sp³-hybridized carbons (Fsp3) is 0.524. The lowest BCUT2D eigenvalue weighted by Crippen LogP contribution is -2.41. The number of amides is 1. The molecule has 3 heterocycles. The van der Waals surface area contributed by atoms with Crippen LogP contribution in [0.1, 0.15) is 49.0 Å². The minimum atomic E-state index is -4.82. The molecule has 2 aromatic rings. The highest BCUT2D eigenvalue weighted by atomic mass is 19.4. The second kappa shape index (κ2) is 8.01. The number of nitrogens with one attached hydrogen (secondary N) is 1. The summed E-state index contributed by atoms with van der Waals surface area (Å²) < 4.78 is 87.1. The first-order valence-electron chi connectivity index (χ1n) is 10.2. The lowest BCUT2D eigenvalue weighted by Gasteiger charge is -2.30. The Morgan fingerprint density at radius 2 is 1.91 bits per heavy atom. The van der Waals surface area contributed by atoms with Crippen LogP contribution < -0.4 is 5.32 Å². The van der Waals surface area contributed by atoms with E-state index in [0.29, 0.717) is 0 Å². The van der Waals surface area contributed by atoms with Gasteiger partial charge in [-0.2, -0.15) is 31.4 Å². The molecule has 0 radical (unpaired) electrons. The zero-order valence-corrected chi connectivity index (χ0v) is 17.5. The lowest BCUT2D eigenvalue weighted by molar-refractivity contribution is -0.143. The van der Waals surface area contributed by atoms with Gasteiger partial charge in [-0.25, -0.2) is 0 Å². The van der Waals surface area contributed by atoms with E-state index in [4.69, 9.17) is 4.74 Å². The minimum Gasteiger partial charge on any atom is -0.390 e. The smallest absolute Gasteiger partial charge is 0.390 e. The Labute approximate surface area is 184 Å². The van der Waals surface area contributed by atoms with Gasteiger partial charge in [0.15, 0.2) is 5.69 Å². The molecule has 4 rings (SSSR count). The summed E-state index contributed by atoms with van der Waals surface area (Å²) in [5.41, 5.74) is -2.59. The number of aliphatic hydroxyl groups is 1. The summed E-state index contributed by atoms with van der Waals surface area (Å²) in [6, 6.07) is 3.55. The van der Waals surface area contributed by atoms with Crippen LogP contribution in [-0.2, 0) is 21.9 Å². The fourth-order valence-corrected chi connectivity index (χ4v) is 4.55. The molecular formula is C21H21F6N3O3. The molecule has 2 bridgehead atoms. The molecule has 0 aliphatic carbocycles. The molecule has 5 atom stereocenters. The van der Waals surface area contributed by atoms with E-state index < -0.39 is 65.7 Å². The molecule has 2 N–H and O–H groups in total. The third-order valence-corrected chi connectivity index (χ3v) is 6.00. The normalized spacial score (nSPS) is 27.4. The predicted octanol–water partition coefficient (Wildman–Crippen LogP) is 4.37. The minimum absolute atomic E-state index is 0.0293. The standard InChI is InChI=1S/C21H21F6N3O3/c1-9(2)30-8-12(18(29-30)21(25,26)27)15-16(14-7-13(31)17(15)33-14)19(32)28-11-5-3-4-10(6-11)20(22,23)24/h3-6,8-9,13-17,31H,7H2,1-2H3,(H,28,32). The van der Waals surface area contributed by atoms with Crippen molar-refractivity contribution in [3.05, 3.63) is 47.3 Å². The Hall–Kier alpha value is -2.60. The Kier molecular flexibility index (Phi) is 5.72. The molecule has 1 aromatic carbocycles. The highest BCUT2D eigenvalue weighted by molar-refractivity contribution is 5.94. The number of hydrogen-bond donors (Lipinski definition) is 2. The molecule has 5 unspecified atom stereocenters. The quantitative estimate of drug-likeness (QED) is 0.642. The van der Waals surface area contributed by atoms with Crippen molar-refractivity contribution in [1.29, 1.82) is 0 Å². The Balaban J connectivity index is 1.70. The maximum absolute atomic E-state index is 13.8. The van der Waals surface area contributed by atoms with E-state index in [1.807, 2.05) is 0 Å². The van der Waals surface area contributed by atoms with Gasteiger partial charge in [0.2, 0.25) is 5.91 Å². The number of anilines is 1. The molecule has 0 saturated carbocycles. The van der Waals surface area contributed by atoms with Crippen molar-refractivity contribution in [2.24, 2.45) is 5.92 Å². The van der Waals surface area contributed by atoms with Crippen LogP contribution in [0.4, 0.5) is 32.0 Å². The summed E-state index contributed by atoms with van der Waals surface area (Å²) >= 11 is 0. The van der Waals surface area contributed by atoms with Gasteiger partial charge >= 0.3 is 12.4 Å². The third-order valence-electron chi connectivity index (χ3n) is 6.00. The molecule has 2 aliphatic heterocycles. The van der Waals surface area contributed by atoms with Crippen molar-refractivity contribution < 1.29 is 41.0 Å². The van der Waals surface area contributed by atoms with Gasteiger partial charge in [0.1, 0.15) is 0 Å². The highest BCUT2D eigenvalue weighted by Gasteiger charge is 2.59. The molecule has 2 saturated heterocycles. The van der Waals surface area contributed by atoms with Crippen LogP contribution in [0.15, 0.2) is 30.5 Å². The summed E-state index contributed by atoms with van der Waals surface area (Å²) in [5, 5.41) is 16.3. The average Bonchev–Trinajstić information content (AvgIpc) is 3.38. The number of rotatable bonds is 4. The van der Waals surface area contributed by atoms with Crippen molar-refractivity contribution in [1.82, 2.24) is 9.78 Å². The molecule has 1 amide bonds. The van der Waals surface area contributed by atoms with E-state index in [0.717, 1.165) is 22.9 Å².